The van der Waals surface area contributed by atoms with Crippen molar-refractivity contribution in [1.29, 1.82) is 0 Å². The Bertz CT molecular complexity index is 710. The molecule has 0 radical (unpaired) electrons. The van der Waals surface area contributed by atoms with Crippen molar-refractivity contribution in [2.75, 3.05) is 36.1 Å². The summed E-state index contributed by atoms with van der Waals surface area (Å²) in [6, 6.07) is 5.15. The van der Waals surface area contributed by atoms with E-state index in [0.29, 0.717) is 31.0 Å². The van der Waals surface area contributed by atoms with E-state index < -0.39 is 6.09 Å². The highest BCUT2D eigenvalue weighted by molar-refractivity contribution is 5.97. The van der Waals surface area contributed by atoms with E-state index in [0.717, 1.165) is 12.1 Å². The maximum atomic E-state index is 12.3. The lowest BCUT2D eigenvalue weighted by molar-refractivity contribution is -0.121. The Labute approximate surface area is 145 Å². The first kappa shape index (κ1) is 16.2. The smallest absolute Gasteiger partial charge is 0.415 e. The molecule has 2 amide bonds. The molecule has 4 rings (SSSR count). The SMILES string of the molecule is NC[C@@H]1OC(=O)N2c3ccc(N4CC[C@@H](CO)CC4=O)cc3OC[C@@H]12. The molecule has 134 valence electrons. The number of amides is 2. The second kappa shape index (κ2) is 6.20. The lowest BCUT2D eigenvalue weighted by atomic mass is 9.96. The van der Waals surface area contributed by atoms with E-state index in [2.05, 4.69) is 0 Å². The van der Waals surface area contributed by atoms with Gasteiger partial charge in [0.05, 0.1) is 5.69 Å². The zero-order valence-electron chi connectivity index (χ0n) is 13.8. The summed E-state index contributed by atoms with van der Waals surface area (Å²) in [5.41, 5.74) is 7.04. The van der Waals surface area contributed by atoms with Crippen molar-refractivity contribution in [2.45, 2.75) is 25.0 Å². The molecule has 0 aromatic heterocycles. The standard InChI is InChI=1S/C17H21N3O5/c18-7-15-13-9-24-14-6-11(1-2-12(14)20(13)17(23)25-15)19-4-3-10(8-21)5-16(19)22/h1-2,6,10,13,15,21H,3-5,7-9,18H2/t10-,13+,15+/m1/s1. The number of fused-ring (bicyclic) bond motifs is 3. The fourth-order valence-corrected chi connectivity index (χ4v) is 3.72. The number of nitrogens with two attached hydrogens (primary N) is 1. The molecule has 8 heteroatoms. The van der Waals surface area contributed by atoms with E-state index in [1.54, 1.807) is 21.9 Å². The predicted molar refractivity (Wildman–Crippen MR) is 89.7 cm³/mol. The van der Waals surface area contributed by atoms with Crippen molar-refractivity contribution in [2.24, 2.45) is 11.7 Å². The van der Waals surface area contributed by atoms with E-state index in [9.17, 15) is 14.7 Å². The summed E-state index contributed by atoms with van der Waals surface area (Å²) in [6.07, 6.45) is 0.309. The minimum Gasteiger partial charge on any atom is -0.489 e. The Morgan fingerprint density at radius 2 is 2.16 bits per heavy atom. The number of hydrogen-bond donors (Lipinski definition) is 2. The number of carbonyl (C=O) groups is 2. The number of cyclic esters (lactones) is 1. The fraction of sp³-hybridized carbons (Fsp3) is 0.529. The number of aliphatic hydroxyl groups is 1. The summed E-state index contributed by atoms with van der Waals surface area (Å²) in [5, 5.41) is 9.23. The maximum Gasteiger partial charge on any atom is 0.415 e. The van der Waals surface area contributed by atoms with Gasteiger partial charge in [-0.05, 0) is 24.5 Å². The van der Waals surface area contributed by atoms with Crippen LogP contribution in [-0.4, -0.2) is 55.6 Å². The van der Waals surface area contributed by atoms with Crippen LogP contribution in [0.3, 0.4) is 0 Å². The van der Waals surface area contributed by atoms with Gasteiger partial charge < -0.3 is 25.2 Å². The first-order valence-electron chi connectivity index (χ1n) is 8.50. The minimum atomic E-state index is -0.419. The van der Waals surface area contributed by atoms with Crippen molar-refractivity contribution in [3.63, 3.8) is 0 Å². The summed E-state index contributed by atoms with van der Waals surface area (Å²) in [6.45, 7) is 1.16. The van der Waals surface area contributed by atoms with Crippen LogP contribution in [0.15, 0.2) is 18.2 Å². The van der Waals surface area contributed by atoms with Crippen LogP contribution in [0, 0.1) is 5.92 Å². The van der Waals surface area contributed by atoms with Crippen LogP contribution in [0.2, 0.25) is 0 Å². The average Bonchev–Trinajstić information content (AvgIpc) is 2.97. The molecule has 0 spiro atoms. The molecule has 3 aliphatic rings. The highest BCUT2D eigenvalue weighted by Gasteiger charge is 2.46. The lowest BCUT2D eigenvalue weighted by Crippen LogP contribution is -2.46. The third kappa shape index (κ3) is 2.61. The van der Waals surface area contributed by atoms with Crippen molar-refractivity contribution < 1.29 is 24.2 Å². The molecule has 2 fully saturated rings. The third-order valence-electron chi connectivity index (χ3n) is 5.15. The van der Waals surface area contributed by atoms with Gasteiger partial charge in [0.15, 0.2) is 0 Å². The second-order valence-electron chi connectivity index (χ2n) is 6.65. The maximum absolute atomic E-state index is 12.3. The molecule has 3 atom stereocenters. The molecule has 0 bridgehead atoms. The van der Waals surface area contributed by atoms with E-state index >= 15 is 0 Å². The van der Waals surface area contributed by atoms with Gasteiger partial charge in [-0.3, -0.25) is 9.69 Å². The van der Waals surface area contributed by atoms with E-state index in [1.165, 1.54) is 0 Å². The van der Waals surface area contributed by atoms with E-state index in [4.69, 9.17) is 15.2 Å². The number of nitrogens with zero attached hydrogens (tertiary/aromatic N) is 2. The highest BCUT2D eigenvalue weighted by atomic mass is 16.6. The highest BCUT2D eigenvalue weighted by Crippen LogP contribution is 2.41. The first-order valence-corrected chi connectivity index (χ1v) is 8.50. The third-order valence-corrected chi connectivity index (χ3v) is 5.15. The number of hydrogen-bond acceptors (Lipinski definition) is 6. The molecule has 1 aromatic carbocycles. The Kier molecular flexibility index (Phi) is 4.01. The van der Waals surface area contributed by atoms with Gasteiger partial charge in [-0.15, -0.1) is 0 Å². The number of benzene rings is 1. The van der Waals surface area contributed by atoms with Crippen molar-refractivity contribution in [3.05, 3.63) is 18.2 Å². The molecule has 2 saturated heterocycles. The first-order chi connectivity index (χ1) is 12.1. The van der Waals surface area contributed by atoms with Crippen molar-refractivity contribution in [1.82, 2.24) is 0 Å². The van der Waals surface area contributed by atoms with Gasteiger partial charge in [-0.1, -0.05) is 0 Å². The van der Waals surface area contributed by atoms with Crippen LogP contribution in [0.5, 0.6) is 5.75 Å². The van der Waals surface area contributed by atoms with Crippen LogP contribution in [0.25, 0.3) is 0 Å². The van der Waals surface area contributed by atoms with Crippen LogP contribution in [0.4, 0.5) is 16.2 Å². The summed E-state index contributed by atoms with van der Waals surface area (Å²) < 4.78 is 11.1. The monoisotopic (exact) mass is 347 g/mol. The number of carbonyl (C=O) groups excluding carboxylic acids is 2. The molecule has 0 aliphatic carbocycles. The molecule has 25 heavy (non-hydrogen) atoms. The number of anilines is 2. The predicted octanol–water partition coefficient (Wildman–Crippen LogP) is 0.467. The number of rotatable bonds is 3. The van der Waals surface area contributed by atoms with Crippen LogP contribution >= 0.6 is 0 Å². The van der Waals surface area contributed by atoms with Crippen LogP contribution < -0.4 is 20.3 Å². The summed E-state index contributed by atoms with van der Waals surface area (Å²) in [4.78, 5) is 27.8. The van der Waals surface area contributed by atoms with Gasteiger partial charge in [-0.2, -0.15) is 0 Å². The number of ether oxygens (including phenoxy) is 2. The zero-order chi connectivity index (χ0) is 17.6. The Morgan fingerprint density at radius 1 is 1.32 bits per heavy atom. The molecule has 3 N–H and O–H groups in total. The van der Waals surface area contributed by atoms with Gasteiger partial charge in [0, 0.05) is 37.9 Å². The topological polar surface area (TPSA) is 105 Å². The average molecular weight is 347 g/mol. The molecule has 0 saturated carbocycles. The molecule has 3 heterocycles. The molecule has 3 aliphatic heterocycles. The largest absolute Gasteiger partial charge is 0.489 e. The van der Waals surface area contributed by atoms with E-state index in [-0.39, 0.29) is 37.1 Å². The second-order valence-corrected chi connectivity index (χ2v) is 6.65. The molecule has 0 unspecified atom stereocenters. The van der Waals surface area contributed by atoms with E-state index in [1.807, 2.05) is 6.07 Å². The van der Waals surface area contributed by atoms with Gasteiger partial charge in [0.2, 0.25) is 5.91 Å². The van der Waals surface area contributed by atoms with Gasteiger partial charge >= 0.3 is 6.09 Å². The Morgan fingerprint density at radius 3 is 2.88 bits per heavy atom. The molecular formula is C17H21N3O5. The Balaban J connectivity index is 1.60. The summed E-state index contributed by atoms with van der Waals surface area (Å²) in [7, 11) is 0. The van der Waals surface area contributed by atoms with Gasteiger partial charge in [0.1, 0.15) is 24.5 Å². The van der Waals surface area contributed by atoms with Crippen LogP contribution in [0.1, 0.15) is 12.8 Å². The molecule has 1 aromatic rings. The zero-order valence-corrected chi connectivity index (χ0v) is 13.8. The summed E-state index contributed by atoms with van der Waals surface area (Å²) >= 11 is 0. The van der Waals surface area contributed by atoms with Crippen LogP contribution in [-0.2, 0) is 9.53 Å². The normalized spacial score (nSPS) is 28.3. The molecular weight excluding hydrogens is 326 g/mol. The fourth-order valence-electron chi connectivity index (χ4n) is 3.72. The Hall–Kier alpha value is -2.32. The van der Waals surface area contributed by atoms with Gasteiger partial charge in [-0.25, -0.2) is 4.79 Å². The number of piperidine rings is 1. The minimum absolute atomic E-state index is 0.0114. The van der Waals surface area contributed by atoms with Gasteiger partial charge in [0.25, 0.3) is 0 Å². The quantitative estimate of drug-likeness (QED) is 0.823. The van der Waals surface area contributed by atoms with Crippen molar-refractivity contribution >= 4 is 23.4 Å². The van der Waals surface area contributed by atoms with Crippen molar-refractivity contribution in [3.8, 4) is 5.75 Å². The number of aliphatic hydroxyl groups excluding tert-OH is 1. The molecule has 8 nitrogen and oxygen atoms in total. The lowest BCUT2D eigenvalue weighted by Gasteiger charge is -2.34. The summed E-state index contributed by atoms with van der Waals surface area (Å²) in [5.74, 6) is 0.578.